The number of ether oxygens (including phenoxy) is 1. The first-order valence-electron chi connectivity index (χ1n) is 7.26. The van der Waals surface area contributed by atoms with Crippen LogP contribution in [0.3, 0.4) is 0 Å². The van der Waals surface area contributed by atoms with Crippen molar-refractivity contribution in [3.8, 4) is 0 Å². The van der Waals surface area contributed by atoms with Gasteiger partial charge >= 0.3 is 6.03 Å². The molecule has 1 saturated heterocycles. The first-order valence-corrected chi connectivity index (χ1v) is 7.26. The number of hydrogen-bond acceptors (Lipinski definition) is 4. The third-order valence-electron chi connectivity index (χ3n) is 4.03. The molecule has 0 unspecified atom stereocenters. The Labute approximate surface area is 118 Å². The topological polar surface area (TPSA) is 75.7 Å². The van der Waals surface area contributed by atoms with Crippen LogP contribution in [-0.4, -0.2) is 42.0 Å². The fourth-order valence-electron chi connectivity index (χ4n) is 2.91. The van der Waals surface area contributed by atoms with Gasteiger partial charge < -0.3 is 4.74 Å². The van der Waals surface area contributed by atoms with Gasteiger partial charge in [0.25, 0.3) is 0 Å². The molecule has 0 aromatic heterocycles. The van der Waals surface area contributed by atoms with Crippen LogP contribution in [0.1, 0.15) is 46.0 Å². The summed E-state index contributed by atoms with van der Waals surface area (Å²) in [6, 6.07) is -0.622. The summed E-state index contributed by atoms with van der Waals surface area (Å²) in [6.07, 6.45) is 3.85. The Kier molecular flexibility index (Phi) is 4.42. The SMILES string of the molecule is CC(C)OCCN1C(=O)NC(=O)C2(CCCCC2)C1=O. The van der Waals surface area contributed by atoms with Crippen LogP contribution in [-0.2, 0) is 14.3 Å². The van der Waals surface area contributed by atoms with Crippen molar-refractivity contribution >= 4 is 17.8 Å². The van der Waals surface area contributed by atoms with E-state index in [2.05, 4.69) is 5.32 Å². The monoisotopic (exact) mass is 282 g/mol. The van der Waals surface area contributed by atoms with Gasteiger partial charge in [0.1, 0.15) is 5.41 Å². The van der Waals surface area contributed by atoms with Gasteiger partial charge in [0.2, 0.25) is 11.8 Å². The molecule has 2 fully saturated rings. The van der Waals surface area contributed by atoms with Gasteiger partial charge in [-0.3, -0.25) is 19.8 Å². The van der Waals surface area contributed by atoms with Crippen LogP contribution in [0.15, 0.2) is 0 Å². The maximum Gasteiger partial charge on any atom is 0.330 e. The number of hydrogen-bond donors (Lipinski definition) is 1. The summed E-state index contributed by atoms with van der Waals surface area (Å²) in [5.74, 6) is -0.772. The molecule has 2 aliphatic rings. The lowest BCUT2D eigenvalue weighted by Crippen LogP contribution is -2.64. The number of nitrogens with zero attached hydrogens (tertiary/aromatic N) is 1. The number of amides is 4. The lowest BCUT2D eigenvalue weighted by molar-refractivity contribution is -0.154. The third-order valence-corrected chi connectivity index (χ3v) is 4.03. The Bertz CT molecular complexity index is 413. The molecule has 112 valence electrons. The molecule has 6 nitrogen and oxygen atoms in total. The van der Waals surface area contributed by atoms with Crippen molar-refractivity contribution in [1.29, 1.82) is 0 Å². The van der Waals surface area contributed by atoms with Gasteiger partial charge in [0, 0.05) is 0 Å². The highest BCUT2D eigenvalue weighted by molar-refractivity contribution is 6.19. The van der Waals surface area contributed by atoms with Crippen LogP contribution in [0.5, 0.6) is 0 Å². The van der Waals surface area contributed by atoms with E-state index in [0.29, 0.717) is 19.4 Å². The summed E-state index contributed by atoms with van der Waals surface area (Å²) in [5.41, 5.74) is -1.02. The Morgan fingerprint density at radius 1 is 1.20 bits per heavy atom. The van der Waals surface area contributed by atoms with E-state index in [0.717, 1.165) is 24.2 Å². The lowest BCUT2D eigenvalue weighted by Gasteiger charge is -2.41. The van der Waals surface area contributed by atoms with Gasteiger partial charge in [-0.05, 0) is 26.7 Å². The van der Waals surface area contributed by atoms with Crippen LogP contribution in [0.4, 0.5) is 4.79 Å². The standard InChI is InChI=1S/C14H22N2O4/c1-10(2)20-9-8-16-12(18)14(6-4-3-5-7-14)11(17)15-13(16)19/h10H,3-9H2,1-2H3,(H,15,17,19). The molecule has 0 aromatic carbocycles. The van der Waals surface area contributed by atoms with E-state index >= 15 is 0 Å². The smallest absolute Gasteiger partial charge is 0.330 e. The lowest BCUT2D eigenvalue weighted by atomic mass is 9.71. The average Bonchev–Trinajstić information content (AvgIpc) is 2.41. The Balaban J connectivity index is 2.10. The van der Waals surface area contributed by atoms with Crippen LogP contribution < -0.4 is 5.32 Å². The molecule has 1 aliphatic carbocycles. The van der Waals surface area contributed by atoms with E-state index in [1.165, 1.54) is 0 Å². The number of carbonyl (C=O) groups is 3. The summed E-state index contributed by atoms with van der Waals surface area (Å²) in [6.45, 7) is 4.27. The summed E-state index contributed by atoms with van der Waals surface area (Å²) >= 11 is 0. The fourth-order valence-corrected chi connectivity index (χ4v) is 2.91. The predicted molar refractivity (Wildman–Crippen MR) is 71.9 cm³/mol. The van der Waals surface area contributed by atoms with Gasteiger partial charge in [-0.15, -0.1) is 0 Å². The zero-order valence-corrected chi connectivity index (χ0v) is 12.1. The summed E-state index contributed by atoms with van der Waals surface area (Å²) in [5, 5.41) is 2.33. The molecule has 1 aliphatic heterocycles. The van der Waals surface area contributed by atoms with Crippen LogP contribution in [0, 0.1) is 5.41 Å². The van der Waals surface area contributed by atoms with Crippen molar-refractivity contribution < 1.29 is 19.1 Å². The van der Waals surface area contributed by atoms with E-state index in [1.807, 2.05) is 13.8 Å². The zero-order chi connectivity index (χ0) is 14.8. The van der Waals surface area contributed by atoms with Crippen LogP contribution in [0.2, 0.25) is 0 Å². The Morgan fingerprint density at radius 2 is 1.85 bits per heavy atom. The molecular formula is C14H22N2O4. The molecule has 0 atom stereocenters. The van der Waals surface area contributed by atoms with Gasteiger partial charge in [0.05, 0.1) is 19.3 Å². The Hall–Kier alpha value is -1.43. The number of carbonyl (C=O) groups excluding carboxylic acids is 3. The fraction of sp³-hybridized carbons (Fsp3) is 0.786. The first kappa shape index (κ1) is 15.0. The molecule has 4 amide bonds. The number of nitrogens with one attached hydrogen (secondary N) is 1. The van der Waals surface area contributed by atoms with Gasteiger partial charge in [-0.1, -0.05) is 19.3 Å². The second kappa shape index (κ2) is 5.91. The summed E-state index contributed by atoms with van der Waals surface area (Å²) in [4.78, 5) is 37.7. The van der Waals surface area contributed by atoms with Crippen molar-refractivity contribution in [3.05, 3.63) is 0 Å². The first-order chi connectivity index (χ1) is 9.47. The minimum absolute atomic E-state index is 0.0447. The molecular weight excluding hydrogens is 260 g/mol. The second-order valence-electron chi connectivity index (χ2n) is 5.78. The number of barbiturate groups is 1. The normalized spacial score (nSPS) is 22.6. The van der Waals surface area contributed by atoms with Crippen LogP contribution in [0.25, 0.3) is 0 Å². The zero-order valence-electron chi connectivity index (χ0n) is 12.1. The summed E-state index contributed by atoms with van der Waals surface area (Å²) in [7, 11) is 0. The summed E-state index contributed by atoms with van der Waals surface area (Å²) < 4.78 is 5.39. The Morgan fingerprint density at radius 3 is 2.45 bits per heavy atom. The number of urea groups is 1. The van der Waals surface area contributed by atoms with Crippen molar-refractivity contribution in [2.24, 2.45) is 5.41 Å². The highest BCUT2D eigenvalue weighted by Gasteiger charge is 2.53. The van der Waals surface area contributed by atoms with E-state index < -0.39 is 17.4 Å². The quantitative estimate of drug-likeness (QED) is 0.792. The van der Waals surface area contributed by atoms with E-state index in [4.69, 9.17) is 4.74 Å². The molecule has 6 heteroatoms. The molecule has 0 bridgehead atoms. The third kappa shape index (κ3) is 2.70. The molecule has 20 heavy (non-hydrogen) atoms. The minimum atomic E-state index is -1.02. The maximum absolute atomic E-state index is 12.6. The van der Waals surface area contributed by atoms with Gasteiger partial charge in [-0.25, -0.2) is 4.79 Å². The highest BCUT2D eigenvalue weighted by Crippen LogP contribution is 2.40. The molecule has 1 heterocycles. The molecule has 1 N–H and O–H groups in total. The van der Waals surface area contributed by atoms with Crippen LogP contribution >= 0.6 is 0 Å². The maximum atomic E-state index is 12.6. The van der Waals surface area contributed by atoms with Crippen molar-refractivity contribution in [2.45, 2.75) is 52.1 Å². The van der Waals surface area contributed by atoms with Gasteiger partial charge in [0.15, 0.2) is 0 Å². The molecule has 1 saturated carbocycles. The van der Waals surface area contributed by atoms with Crippen molar-refractivity contribution in [2.75, 3.05) is 13.2 Å². The van der Waals surface area contributed by atoms with E-state index in [-0.39, 0.29) is 18.6 Å². The van der Waals surface area contributed by atoms with Gasteiger partial charge in [-0.2, -0.15) is 0 Å². The molecule has 1 spiro atoms. The number of imide groups is 2. The minimum Gasteiger partial charge on any atom is -0.377 e. The van der Waals surface area contributed by atoms with E-state index in [1.54, 1.807) is 0 Å². The van der Waals surface area contributed by atoms with Crippen molar-refractivity contribution in [3.63, 3.8) is 0 Å². The number of rotatable bonds is 4. The largest absolute Gasteiger partial charge is 0.377 e. The highest BCUT2D eigenvalue weighted by atomic mass is 16.5. The predicted octanol–water partition coefficient (Wildman–Crippen LogP) is 1.44. The molecule has 0 radical (unpaired) electrons. The van der Waals surface area contributed by atoms with Crippen molar-refractivity contribution in [1.82, 2.24) is 10.2 Å². The molecule has 2 rings (SSSR count). The average molecular weight is 282 g/mol. The molecule has 0 aromatic rings. The van der Waals surface area contributed by atoms with E-state index in [9.17, 15) is 14.4 Å². The second-order valence-corrected chi connectivity index (χ2v) is 5.78.